The highest BCUT2D eigenvalue weighted by Gasteiger charge is 2.36. The SMILES string of the molecule is COC(C#Cc1c2cc3ccccc3cc2c(C#CC(OC)(C(C)C)C(C)C)c2cc3sc(C(C)(C)C)cc3cc12)(C(C)C)C(C)C. The third-order valence-corrected chi connectivity index (χ3v) is 11.8. The Hall–Kier alpha value is -3.34. The number of hydrogen-bond acceptors (Lipinski definition) is 3. The summed E-state index contributed by atoms with van der Waals surface area (Å²) in [6.45, 7) is 24.5. The zero-order valence-electron chi connectivity index (χ0n) is 30.7. The van der Waals surface area contributed by atoms with Crippen molar-refractivity contribution in [3.8, 4) is 23.7 Å². The highest BCUT2D eigenvalue weighted by atomic mass is 32.1. The predicted octanol–water partition coefficient (Wildman–Crippen LogP) is 11.8. The molecule has 0 N–H and O–H groups in total. The van der Waals surface area contributed by atoms with Crippen molar-refractivity contribution in [1.29, 1.82) is 0 Å². The zero-order valence-corrected chi connectivity index (χ0v) is 31.5. The van der Waals surface area contributed by atoms with E-state index in [4.69, 9.17) is 9.47 Å². The van der Waals surface area contributed by atoms with E-state index in [0.29, 0.717) is 0 Å². The van der Waals surface area contributed by atoms with Gasteiger partial charge in [-0.25, -0.2) is 0 Å². The number of ether oxygens (including phenoxy) is 2. The minimum atomic E-state index is -0.577. The second-order valence-corrected chi connectivity index (χ2v) is 16.5. The molecule has 0 aliphatic carbocycles. The monoisotopic (exact) mass is 644 g/mol. The maximum Gasteiger partial charge on any atom is 0.133 e. The lowest BCUT2D eigenvalue weighted by atomic mass is 9.79. The van der Waals surface area contributed by atoms with Crippen molar-refractivity contribution in [1.82, 2.24) is 0 Å². The molecule has 0 bridgehead atoms. The van der Waals surface area contributed by atoms with Gasteiger partial charge in [-0.3, -0.25) is 0 Å². The molecule has 2 nitrogen and oxygen atoms in total. The molecule has 1 heterocycles. The van der Waals surface area contributed by atoms with E-state index in [1.807, 2.05) is 11.3 Å². The van der Waals surface area contributed by atoms with E-state index in [1.54, 1.807) is 14.2 Å². The first-order valence-electron chi connectivity index (χ1n) is 17.1. The van der Waals surface area contributed by atoms with Gasteiger partial charge in [0, 0.05) is 40.3 Å². The van der Waals surface area contributed by atoms with Crippen LogP contribution in [-0.2, 0) is 14.9 Å². The molecule has 246 valence electrons. The first-order chi connectivity index (χ1) is 22.1. The Bertz CT molecular complexity index is 1920. The van der Waals surface area contributed by atoms with Gasteiger partial charge in [-0.2, -0.15) is 0 Å². The molecule has 4 aromatic carbocycles. The van der Waals surface area contributed by atoms with Gasteiger partial charge in [-0.15, -0.1) is 11.3 Å². The predicted molar refractivity (Wildman–Crippen MR) is 206 cm³/mol. The van der Waals surface area contributed by atoms with Crippen LogP contribution in [0.15, 0.2) is 54.6 Å². The molecule has 0 saturated carbocycles. The maximum atomic E-state index is 6.24. The fourth-order valence-electron chi connectivity index (χ4n) is 7.36. The largest absolute Gasteiger partial charge is 0.365 e. The molecule has 0 aliphatic rings. The van der Waals surface area contributed by atoms with Crippen molar-refractivity contribution < 1.29 is 9.47 Å². The number of rotatable bonds is 6. The average molecular weight is 645 g/mol. The third-order valence-electron chi connectivity index (χ3n) is 10.2. The van der Waals surface area contributed by atoms with Crippen LogP contribution in [0.3, 0.4) is 0 Å². The van der Waals surface area contributed by atoms with Crippen molar-refractivity contribution in [2.75, 3.05) is 14.2 Å². The maximum absolute atomic E-state index is 6.24. The first-order valence-corrected chi connectivity index (χ1v) is 17.9. The minimum absolute atomic E-state index is 0.0583. The molecule has 0 spiro atoms. The number of methoxy groups -OCH3 is 2. The van der Waals surface area contributed by atoms with Gasteiger partial charge in [0.1, 0.15) is 11.2 Å². The molecule has 3 heteroatoms. The van der Waals surface area contributed by atoms with Crippen molar-refractivity contribution in [3.63, 3.8) is 0 Å². The summed E-state index contributed by atoms with van der Waals surface area (Å²) < 4.78 is 13.7. The first kappa shape index (κ1) is 35.0. The Balaban J connectivity index is 2.03. The molecule has 5 aromatic rings. The summed E-state index contributed by atoms with van der Waals surface area (Å²) in [6.07, 6.45) is 0. The van der Waals surface area contributed by atoms with E-state index in [-0.39, 0.29) is 29.1 Å². The lowest BCUT2D eigenvalue weighted by Crippen LogP contribution is -2.41. The fourth-order valence-corrected chi connectivity index (χ4v) is 8.50. The van der Waals surface area contributed by atoms with Crippen LogP contribution >= 0.6 is 11.3 Å². The number of fused-ring (bicyclic) bond motifs is 4. The molecule has 0 aliphatic heterocycles. The van der Waals surface area contributed by atoms with E-state index < -0.39 is 11.2 Å². The van der Waals surface area contributed by atoms with Crippen LogP contribution in [0.25, 0.3) is 42.4 Å². The number of thiophene rings is 1. The Morgan fingerprint density at radius 2 is 0.936 bits per heavy atom. The van der Waals surface area contributed by atoms with Gasteiger partial charge in [-0.1, -0.05) is 124 Å². The summed E-state index contributed by atoms with van der Waals surface area (Å²) in [5, 5.41) is 8.13. The molecule has 47 heavy (non-hydrogen) atoms. The normalized spacial score (nSPS) is 13.0. The summed E-state index contributed by atoms with van der Waals surface area (Å²) >= 11 is 1.88. The van der Waals surface area contributed by atoms with Gasteiger partial charge in [0.2, 0.25) is 0 Å². The van der Waals surface area contributed by atoms with Crippen LogP contribution < -0.4 is 0 Å². The lowest BCUT2D eigenvalue weighted by molar-refractivity contribution is -0.0338. The van der Waals surface area contributed by atoms with Crippen molar-refractivity contribution in [2.45, 2.75) is 92.8 Å². The smallest absolute Gasteiger partial charge is 0.133 e. The zero-order chi connectivity index (χ0) is 34.5. The van der Waals surface area contributed by atoms with Crippen LogP contribution in [0.1, 0.15) is 92.2 Å². The van der Waals surface area contributed by atoms with Crippen LogP contribution in [0.2, 0.25) is 0 Å². The van der Waals surface area contributed by atoms with E-state index in [0.717, 1.165) is 32.7 Å². The van der Waals surface area contributed by atoms with Crippen molar-refractivity contribution in [3.05, 3.63) is 70.6 Å². The highest BCUT2D eigenvalue weighted by Crippen LogP contribution is 2.42. The van der Waals surface area contributed by atoms with Gasteiger partial charge in [0.05, 0.1) is 0 Å². The topological polar surface area (TPSA) is 18.5 Å². The number of benzene rings is 4. The summed E-state index contributed by atoms with van der Waals surface area (Å²) in [5.41, 5.74) is 0.972. The van der Waals surface area contributed by atoms with Gasteiger partial charge < -0.3 is 9.47 Å². The molecular weight excluding hydrogens is 593 g/mol. The molecule has 1 aromatic heterocycles. The summed E-state index contributed by atoms with van der Waals surface area (Å²) in [7, 11) is 3.59. The average Bonchev–Trinajstić information content (AvgIpc) is 3.44. The molecule has 0 fully saturated rings. The fraction of sp³-hybridized carbons (Fsp3) is 0.455. The summed E-state index contributed by atoms with van der Waals surface area (Å²) in [6, 6.07) is 20.3. The molecule has 5 rings (SSSR count). The van der Waals surface area contributed by atoms with E-state index in [9.17, 15) is 0 Å². The minimum Gasteiger partial charge on any atom is -0.365 e. The van der Waals surface area contributed by atoms with Gasteiger partial charge in [0.15, 0.2) is 0 Å². The molecule has 0 unspecified atom stereocenters. The summed E-state index contributed by atoms with van der Waals surface area (Å²) in [4.78, 5) is 1.37. The quantitative estimate of drug-likeness (QED) is 0.135. The van der Waals surface area contributed by atoms with Crippen LogP contribution in [0.4, 0.5) is 0 Å². The summed E-state index contributed by atoms with van der Waals surface area (Å²) in [5.74, 6) is 15.8. The standard InChI is InChI=1S/C44H52O2S/c1-27(2)43(45-12,28(3)4)20-18-34-36-22-31-16-14-15-17-32(31)23-37(36)35(19-21-44(46-13,29(5)6)30(7)8)39-26-40-33(24-38(34)39)25-41(47-40)42(9,10)11/h14-17,22-30H,1-13H3. The van der Waals surface area contributed by atoms with Crippen LogP contribution in [-0.4, -0.2) is 25.4 Å². The molecule has 0 radical (unpaired) electrons. The van der Waals surface area contributed by atoms with Crippen molar-refractivity contribution in [2.24, 2.45) is 23.7 Å². The van der Waals surface area contributed by atoms with Crippen LogP contribution in [0.5, 0.6) is 0 Å². The second kappa shape index (κ2) is 12.9. The van der Waals surface area contributed by atoms with E-state index in [2.05, 4.69) is 154 Å². The molecule has 0 saturated heterocycles. The Kier molecular flexibility index (Phi) is 9.63. The lowest BCUT2D eigenvalue weighted by Gasteiger charge is -2.35. The molecule has 0 atom stereocenters. The molecular formula is C44H52O2S. The Labute approximate surface area is 287 Å². The number of hydrogen-bond donors (Lipinski definition) is 0. The van der Waals surface area contributed by atoms with Gasteiger partial charge >= 0.3 is 0 Å². The third kappa shape index (κ3) is 6.08. The second-order valence-electron chi connectivity index (χ2n) is 15.4. The van der Waals surface area contributed by atoms with Crippen molar-refractivity contribution >= 4 is 53.7 Å². The Morgan fingerprint density at radius 1 is 0.553 bits per heavy atom. The van der Waals surface area contributed by atoms with E-state index >= 15 is 0 Å². The van der Waals surface area contributed by atoms with Crippen LogP contribution in [0, 0.1) is 47.4 Å². The van der Waals surface area contributed by atoms with Gasteiger partial charge in [-0.05, 0) is 91.7 Å². The van der Waals surface area contributed by atoms with E-state index in [1.165, 1.54) is 25.7 Å². The molecule has 0 amide bonds. The van der Waals surface area contributed by atoms with Gasteiger partial charge in [0.25, 0.3) is 0 Å². The Morgan fingerprint density at radius 3 is 1.30 bits per heavy atom. The highest BCUT2D eigenvalue weighted by molar-refractivity contribution is 7.19.